The number of alkyl halides is 1. The molecule has 0 aliphatic carbocycles. The molecule has 0 spiro atoms. The number of carbonyl (C=O) groups excluding carboxylic acids is 1. The molecule has 3 saturated heterocycles. The number of likely N-dealkylation sites (tertiary alicyclic amines) is 1. The summed E-state index contributed by atoms with van der Waals surface area (Å²) >= 11 is 7.79. The third-order valence-electron chi connectivity index (χ3n) is 10.5. The number of amides is 1. The molecule has 5 heterocycles. The molecule has 3 aliphatic heterocycles. The minimum atomic E-state index is -0.961. The van der Waals surface area contributed by atoms with Crippen LogP contribution in [0.25, 0.3) is 32.1 Å². The molecule has 4 atom stereocenters. The van der Waals surface area contributed by atoms with Gasteiger partial charge in [0.1, 0.15) is 41.0 Å². The normalized spacial score (nSPS) is 23.7. The molecule has 1 amide bonds. The summed E-state index contributed by atoms with van der Waals surface area (Å²) in [5.41, 5.74) is 5.66. The van der Waals surface area contributed by atoms with E-state index < -0.39 is 23.3 Å². The van der Waals surface area contributed by atoms with E-state index in [0.717, 1.165) is 30.7 Å². The van der Waals surface area contributed by atoms with Crippen LogP contribution in [0.2, 0.25) is 5.02 Å². The fourth-order valence-corrected chi connectivity index (χ4v) is 9.40. The lowest BCUT2D eigenvalue weighted by Gasteiger charge is -2.34. The Balaban J connectivity index is 1.40. The van der Waals surface area contributed by atoms with Crippen LogP contribution < -0.4 is 15.4 Å². The first kappa shape index (κ1) is 33.4. The van der Waals surface area contributed by atoms with Crippen molar-refractivity contribution < 1.29 is 22.7 Å². The number of carbonyl (C=O) groups is 1. The minimum absolute atomic E-state index is 0.00417. The van der Waals surface area contributed by atoms with Gasteiger partial charge < -0.3 is 20.3 Å². The Labute approximate surface area is 290 Å². The summed E-state index contributed by atoms with van der Waals surface area (Å²) < 4.78 is 53.0. The van der Waals surface area contributed by atoms with E-state index in [1.165, 1.54) is 18.2 Å². The zero-order valence-electron chi connectivity index (χ0n) is 27.1. The zero-order chi connectivity index (χ0) is 34.8. The van der Waals surface area contributed by atoms with Crippen LogP contribution >= 0.6 is 22.9 Å². The van der Waals surface area contributed by atoms with Gasteiger partial charge in [0, 0.05) is 48.4 Å². The smallest absolute Gasteiger partial charge is 0.319 e. The van der Waals surface area contributed by atoms with Gasteiger partial charge in [-0.05, 0) is 63.4 Å². The van der Waals surface area contributed by atoms with Crippen LogP contribution in [0.3, 0.4) is 0 Å². The molecule has 2 aromatic carbocycles. The number of fused-ring (bicyclic) bond motifs is 3. The highest BCUT2D eigenvalue weighted by Gasteiger charge is 2.49. The Morgan fingerprint density at radius 2 is 2.14 bits per heavy atom. The number of thiophene rings is 1. The number of rotatable bonds is 8. The fraction of sp³-hybridized carbons (Fsp3) is 0.429. The number of nitrogens with zero attached hydrogens (tertiary/aromatic N) is 6. The van der Waals surface area contributed by atoms with Gasteiger partial charge in [-0.2, -0.15) is 15.2 Å². The predicted octanol–water partition coefficient (Wildman–Crippen LogP) is 6.85. The van der Waals surface area contributed by atoms with Gasteiger partial charge in [0.25, 0.3) is 0 Å². The number of halogens is 4. The second kappa shape index (κ2) is 12.6. The number of aromatic nitrogens is 2. The Bertz CT molecular complexity index is 2050. The van der Waals surface area contributed by atoms with Crippen molar-refractivity contribution in [3.8, 4) is 23.2 Å². The zero-order valence-corrected chi connectivity index (χ0v) is 28.7. The molecule has 0 bridgehead atoms. The topological polar surface area (TPSA) is 112 Å². The van der Waals surface area contributed by atoms with E-state index in [1.54, 1.807) is 11.0 Å². The van der Waals surface area contributed by atoms with Gasteiger partial charge in [0.2, 0.25) is 5.91 Å². The van der Waals surface area contributed by atoms with E-state index >= 15 is 4.39 Å². The molecule has 0 radical (unpaired) electrons. The standard InChI is InChI=1S/C35H35ClF3N7O2S/c1-4-26(47)46-12-9-25(18(46)3)45(5-2)33-21-13-23(36)28(20-7-8-24(38)31-27(20)22(15-40)32(41)49-31)29(39)30(21)42-34(43-33)48-17-35-10-6-11-44(35)16-19(37)14-35/h4,7-8,13,18-19,25H,1,5-6,9-12,14,16-17,41H2,2-3H3/t18?,19-,25?,35+/m1/s1. The highest BCUT2D eigenvalue weighted by Crippen LogP contribution is 2.46. The maximum atomic E-state index is 17.1. The quantitative estimate of drug-likeness (QED) is 0.198. The van der Waals surface area contributed by atoms with Gasteiger partial charge in [-0.1, -0.05) is 24.2 Å². The maximum Gasteiger partial charge on any atom is 0.319 e. The summed E-state index contributed by atoms with van der Waals surface area (Å²) in [5, 5.41) is 10.5. The van der Waals surface area contributed by atoms with Crippen LogP contribution in [0.4, 0.5) is 24.0 Å². The average molecular weight is 710 g/mol. The summed E-state index contributed by atoms with van der Waals surface area (Å²) in [4.78, 5) is 27.9. The summed E-state index contributed by atoms with van der Waals surface area (Å²) in [6, 6.07) is 5.69. The van der Waals surface area contributed by atoms with Crippen molar-refractivity contribution in [1.29, 1.82) is 5.26 Å². The lowest BCUT2D eigenvalue weighted by atomic mass is 9.95. The van der Waals surface area contributed by atoms with E-state index in [9.17, 15) is 18.8 Å². The van der Waals surface area contributed by atoms with Gasteiger partial charge in [-0.15, -0.1) is 11.3 Å². The fourth-order valence-electron chi connectivity index (χ4n) is 8.16. The van der Waals surface area contributed by atoms with Crippen molar-refractivity contribution in [3.63, 3.8) is 0 Å². The Morgan fingerprint density at radius 3 is 2.88 bits per heavy atom. The molecule has 9 nitrogen and oxygen atoms in total. The molecule has 2 unspecified atom stereocenters. The number of likely N-dealkylation sites (N-methyl/N-ethyl adjacent to an activating group) is 1. The number of anilines is 2. The highest BCUT2D eigenvalue weighted by molar-refractivity contribution is 7.23. The molecule has 3 aliphatic rings. The van der Waals surface area contributed by atoms with E-state index in [-0.39, 0.29) is 72.9 Å². The molecule has 14 heteroatoms. The number of hydrogen-bond donors (Lipinski definition) is 1. The molecule has 2 aromatic heterocycles. The van der Waals surface area contributed by atoms with Crippen molar-refractivity contribution in [1.82, 2.24) is 19.8 Å². The summed E-state index contributed by atoms with van der Waals surface area (Å²) in [6.07, 6.45) is 2.98. The lowest BCUT2D eigenvalue weighted by Crippen LogP contribution is -2.45. The van der Waals surface area contributed by atoms with Crippen LogP contribution in [-0.2, 0) is 4.79 Å². The molecule has 7 rings (SSSR count). The number of nitriles is 1. The third kappa shape index (κ3) is 5.36. The summed E-state index contributed by atoms with van der Waals surface area (Å²) in [7, 11) is 0. The SMILES string of the molecule is C=CC(=O)N1CCC(N(CC)c2nc(OC[C@@]34CCCN3C[C@H](F)C4)nc3c(F)c(-c4ccc(F)c5sc(N)c(C#N)c45)c(Cl)cc23)C1C. The number of hydrogen-bond acceptors (Lipinski definition) is 9. The molecule has 256 valence electrons. The van der Waals surface area contributed by atoms with Crippen LogP contribution in [0, 0.1) is 23.0 Å². The first-order valence-corrected chi connectivity index (χ1v) is 17.5. The number of ether oxygens (including phenoxy) is 1. The van der Waals surface area contributed by atoms with Gasteiger partial charge in [0.15, 0.2) is 5.82 Å². The summed E-state index contributed by atoms with van der Waals surface area (Å²) in [5.74, 6) is -1.20. The number of nitrogen functional groups attached to an aromatic ring is 1. The van der Waals surface area contributed by atoms with Crippen molar-refractivity contribution in [2.24, 2.45) is 0 Å². The van der Waals surface area contributed by atoms with Gasteiger partial charge in [0.05, 0.1) is 26.9 Å². The monoisotopic (exact) mass is 709 g/mol. The van der Waals surface area contributed by atoms with Gasteiger partial charge in [-0.25, -0.2) is 13.2 Å². The second-order valence-corrected chi connectivity index (χ2v) is 14.5. The van der Waals surface area contributed by atoms with Crippen molar-refractivity contribution in [2.45, 2.75) is 63.3 Å². The van der Waals surface area contributed by atoms with Crippen molar-refractivity contribution in [3.05, 3.63) is 53.1 Å². The highest BCUT2D eigenvalue weighted by atomic mass is 35.5. The van der Waals surface area contributed by atoms with E-state index in [0.29, 0.717) is 43.7 Å². The summed E-state index contributed by atoms with van der Waals surface area (Å²) in [6.45, 7) is 9.75. The van der Waals surface area contributed by atoms with E-state index in [1.807, 2.05) is 24.8 Å². The second-order valence-electron chi connectivity index (χ2n) is 13.0. The Kier molecular flexibility index (Phi) is 8.61. The van der Waals surface area contributed by atoms with E-state index in [4.69, 9.17) is 27.1 Å². The molecule has 4 aromatic rings. The molecule has 2 N–H and O–H groups in total. The van der Waals surface area contributed by atoms with E-state index in [2.05, 4.69) is 16.5 Å². The van der Waals surface area contributed by atoms with Crippen molar-refractivity contribution >= 4 is 60.7 Å². The lowest BCUT2D eigenvalue weighted by molar-refractivity contribution is -0.126. The molecular formula is C35H35ClF3N7O2S. The van der Waals surface area contributed by atoms with Crippen molar-refractivity contribution in [2.75, 3.05) is 43.4 Å². The molecule has 3 fully saturated rings. The molecular weight excluding hydrogens is 675 g/mol. The Hall–Kier alpha value is -4.12. The predicted molar refractivity (Wildman–Crippen MR) is 186 cm³/mol. The van der Waals surface area contributed by atoms with Crippen LogP contribution in [-0.4, -0.2) is 82.3 Å². The van der Waals surface area contributed by atoms with Crippen LogP contribution in [0.1, 0.15) is 45.1 Å². The number of nitrogens with two attached hydrogens (primary N) is 1. The van der Waals surface area contributed by atoms with Crippen LogP contribution in [0.15, 0.2) is 30.9 Å². The largest absolute Gasteiger partial charge is 0.461 e. The molecule has 0 saturated carbocycles. The minimum Gasteiger partial charge on any atom is -0.461 e. The van der Waals surface area contributed by atoms with Gasteiger partial charge in [-0.3, -0.25) is 9.69 Å². The van der Waals surface area contributed by atoms with Crippen LogP contribution in [0.5, 0.6) is 6.01 Å². The average Bonchev–Trinajstić information content (AvgIpc) is 3.82. The van der Waals surface area contributed by atoms with Gasteiger partial charge >= 0.3 is 6.01 Å². The molecule has 49 heavy (non-hydrogen) atoms. The third-order valence-corrected chi connectivity index (χ3v) is 11.8. The Morgan fingerprint density at radius 1 is 1.35 bits per heavy atom. The number of benzene rings is 2. The maximum absolute atomic E-state index is 17.1. The first-order chi connectivity index (χ1) is 23.5. The first-order valence-electron chi connectivity index (χ1n) is 16.3.